The van der Waals surface area contributed by atoms with Gasteiger partial charge in [-0.05, 0) is 24.3 Å². The lowest BCUT2D eigenvalue weighted by Gasteiger charge is -2.07. The molecule has 84 valence electrons. The van der Waals surface area contributed by atoms with Crippen molar-refractivity contribution in [3.63, 3.8) is 0 Å². The Morgan fingerprint density at radius 2 is 1.82 bits per heavy atom. The number of halogens is 3. The van der Waals surface area contributed by atoms with Crippen LogP contribution in [0.2, 0.25) is 5.02 Å². The predicted molar refractivity (Wildman–Crippen MR) is 61.5 cm³/mol. The van der Waals surface area contributed by atoms with Crippen molar-refractivity contribution in [1.29, 1.82) is 5.26 Å². The Balaban J connectivity index is 2.69. The first kappa shape index (κ1) is 11.6. The summed E-state index contributed by atoms with van der Waals surface area (Å²) >= 11 is 5.87. The van der Waals surface area contributed by atoms with Crippen molar-refractivity contribution in [2.45, 2.75) is 0 Å². The van der Waals surface area contributed by atoms with E-state index in [-0.39, 0.29) is 10.6 Å². The standard InChI is InChI=1S/C13H6ClF2N/c14-12-6-8(15)4-5-10(12)9-2-1-3-13(16)11(9)7-17/h1-6H. The highest BCUT2D eigenvalue weighted by molar-refractivity contribution is 6.33. The quantitative estimate of drug-likeness (QED) is 0.745. The Hall–Kier alpha value is -1.92. The lowest BCUT2D eigenvalue weighted by molar-refractivity contribution is 0.624. The Bertz CT molecular complexity index is 617. The zero-order valence-corrected chi connectivity index (χ0v) is 9.30. The molecule has 0 aliphatic carbocycles. The molecule has 0 spiro atoms. The van der Waals surface area contributed by atoms with Gasteiger partial charge < -0.3 is 0 Å². The molecule has 0 fully saturated rings. The third-order valence-corrected chi connectivity index (χ3v) is 2.66. The molecule has 0 amide bonds. The Labute approximate surface area is 102 Å². The average Bonchev–Trinajstić information content (AvgIpc) is 2.29. The van der Waals surface area contributed by atoms with E-state index in [4.69, 9.17) is 16.9 Å². The minimum atomic E-state index is -0.620. The normalized spacial score (nSPS) is 10.0. The highest BCUT2D eigenvalue weighted by Crippen LogP contribution is 2.31. The molecule has 17 heavy (non-hydrogen) atoms. The molecule has 0 aromatic heterocycles. The summed E-state index contributed by atoms with van der Waals surface area (Å²) in [4.78, 5) is 0. The van der Waals surface area contributed by atoms with Gasteiger partial charge in [0.05, 0.1) is 10.6 Å². The molecule has 0 heterocycles. The van der Waals surface area contributed by atoms with Crippen LogP contribution in [0.4, 0.5) is 8.78 Å². The van der Waals surface area contributed by atoms with Crippen LogP contribution in [0.5, 0.6) is 0 Å². The summed E-state index contributed by atoms with van der Waals surface area (Å²) in [5.74, 6) is -1.10. The van der Waals surface area contributed by atoms with Crippen molar-refractivity contribution in [2.24, 2.45) is 0 Å². The van der Waals surface area contributed by atoms with Crippen molar-refractivity contribution in [1.82, 2.24) is 0 Å². The maximum absolute atomic E-state index is 13.4. The van der Waals surface area contributed by atoms with Gasteiger partial charge in [0.1, 0.15) is 17.7 Å². The molecule has 2 aromatic rings. The van der Waals surface area contributed by atoms with Crippen LogP contribution in [0, 0.1) is 23.0 Å². The van der Waals surface area contributed by atoms with E-state index in [2.05, 4.69) is 0 Å². The van der Waals surface area contributed by atoms with Gasteiger partial charge in [0.25, 0.3) is 0 Å². The van der Waals surface area contributed by atoms with E-state index < -0.39 is 11.6 Å². The molecular formula is C13H6ClF2N. The van der Waals surface area contributed by atoms with Crippen LogP contribution in [0.1, 0.15) is 5.56 Å². The van der Waals surface area contributed by atoms with Crippen molar-refractivity contribution in [3.05, 3.63) is 58.6 Å². The second-order valence-corrected chi connectivity index (χ2v) is 3.81. The molecule has 0 N–H and O–H groups in total. The number of nitriles is 1. The molecule has 1 nitrogen and oxygen atoms in total. The van der Waals surface area contributed by atoms with Gasteiger partial charge in [0.15, 0.2) is 0 Å². The maximum atomic E-state index is 13.4. The molecule has 2 aromatic carbocycles. The first-order valence-corrected chi connectivity index (χ1v) is 5.15. The zero-order valence-electron chi connectivity index (χ0n) is 8.55. The van der Waals surface area contributed by atoms with Crippen molar-refractivity contribution >= 4 is 11.6 Å². The molecule has 0 atom stereocenters. The van der Waals surface area contributed by atoms with Gasteiger partial charge in [-0.15, -0.1) is 0 Å². The van der Waals surface area contributed by atoms with E-state index in [1.807, 2.05) is 0 Å². The minimum Gasteiger partial charge on any atom is -0.207 e. The number of hydrogen-bond acceptors (Lipinski definition) is 1. The number of nitrogens with zero attached hydrogens (tertiary/aromatic N) is 1. The van der Waals surface area contributed by atoms with Gasteiger partial charge in [0.2, 0.25) is 0 Å². The smallest absolute Gasteiger partial charge is 0.141 e. The summed E-state index contributed by atoms with van der Waals surface area (Å²) in [6.07, 6.45) is 0. The molecule has 2 rings (SSSR count). The monoisotopic (exact) mass is 249 g/mol. The first-order valence-electron chi connectivity index (χ1n) is 4.77. The molecule has 0 aliphatic rings. The fourth-order valence-electron chi connectivity index (χ4n) is 1.57. The van der Waals surface area contributed by atoms with Crippen LogP contribution in [-0.4, -0.2) is 0 Å². The summed E-state index contributed by atoms with van der Waals surface area (Å²) < 4.78 is 26.3. The first-order chi connectivity index (χ1) is 8.13. The van der Waals surface area contributed by atoms with Gasteiger partial charge in [-0.25, -0.2) is 8.78 Å². The average molecular weight is 250 g/mol. The molecule has 0 bridgehead atoms. The Morgan fingerprint density at radius 1 is 1.06 bits per heavy atom. The van der Waals surface area contributed by atoms with Gasteiger partial charge in [-0.3, -0.25) is 0 Å². The van der Waals surface area contributed by atoms with Crippen LogP contribution < -0.4 is 0 Å². The second kappa shape index (κ2) is 4.52. The number of hydrogen-bond donors (Lipinski definition) is 0. The van der Waals surface area contributed by atoms with Crippen LogP contribution in [0.3, 0.4) is 0 Å². The fraction of sp³-hybridized carbons (Fsp3) is 0. The molecule has 0 radical (unpaired) electrons. The van der Waals surface area contributed by atoms with Crippen LogP contribution >= 0.6 is 11.6 Å². The summed E-state index contributed by atoms with van der Waals surface area (Å²) in [6, 6.07) is 9.79. The van der Waals surface area contributed by atoms with Crippen LogP contribution in [-0.2, 0) is 0 Å². The van der Waals surface area contributed by atoms with Gasteiger partial charge in [-0.2, -0.15) is 5.26 Å². The largest absolute Gasteiger partial charge is 0.207 e. The number of benzene rings is 2. The third-order valence-electron chi connectivity index (χ3n) is 2.35. The third kappa shape index (κ3) is 2.13. The van der Waals surface area contributed by atoms with Gasteiger partial charge in [-0.1, -0.05) is 23.7 Å². The van der Waals surface area contributed by atoms with E-state index in [0.717, 1.165) is 6.07 Å². The van der Waals surface area contributed by atoms with E-state index in [1.165, 1.54) is 24.3 Å². The summed E-state index contributed by atoms with van der Waals surface area (Å²) in [6.45, 7) is 0. The fourth-order valence-corrected chi connectivity index (χ4v) is 1.84. The second-order valence-electron chi connectivity index (χ2n) is 3.40. The molecule has 0 aliphatic heterocycles. The lowest BCUT2D eigenvalue weighted by Crippen LogP contribution is -1.90. The predicted octanol–water partition coefficient (Wildman–Crippen LogP) is 4.16. The summed E-state index contributed by atoms with van der Waals surface area (Å²) in [7, 11) is 0. The maximum Gasteiger partial charge on any atom is 0.141 e. The van der Waals surface area contributed by atoms with Crippen molar-refractivity contribution in [3.8, 4) is 17.2 Å². The minimum absolute atomic E-state index is 0.0963. The van der Waals surface area contributed by atoms with E-state index in [1.54, 1.807) is 12.1 Å². The highest BCUT2D eigenvalue weighted by Gasteiger charge is 2.12. The van der Waals surface area contributed by atoms with Gasteiger partial charge >= 0.3 is 0 Å². The van der Waals surface area contributed by atoms with Crippen molar-refractivity contribution < 1.29 is 8.78 Å². The Morgan fingerprint density at radius 3 is 2.47 bits per heavy atom. The lowest BCUT2D eigenvalue weighted by atomic mass is 10.00. The van der Waals surface area contributed by atoms with E-state index in [9.17, 15) is 8.78 Å². The summed E-state index contributed by atoms with van der Waals surface area (Å²) in [5, 5.41) is 9.04. The zero-order chi connectivity index (χ0) is 12.4. The summed E-state index contributed by atoms with van der Waals surface area (Å²) in [5.41, 5.74) is 0.697. The number of rotatable bonds is 1. The molecule has 4 heteroatoms. The van der Waals surface area contributed by atoms with Crippen molar-refractivity contribution in [2.75, 3.05) is 0 Å². The molecular weight excluding hydrogens is 244 g/mol. The van der Waals surface area contributed by atoms with Crippen LogP contribution in [0.15, 0.2) is 36.4 Å². The molecule has 0 saturated carbocycles. The van der Waals surface area contributed by atoms with E-state index in [0.29, 0.717) is 11.1 Å². The SMILES string of the molecule is N#Cc1c(F)cccc1-c1ccc(F)cc1Cl. The Kier molecular flexibility index (Phi) is 3.08. The highest BCUT2D eigenvalue weighted by atomic mass is 35.5. The molecule has 0 unspecified atom stereocenters. The molecule has 0 saturated heterocycles. The van der Waals surface area contributed by atoms with E-state index >= 15 is 0 Å². The topological polar surface area (TPSA) is 23.8 Å². The van der Waals surface area contributed by atoms with Crippen LogP contribution in [0.25, 0.3) is 11.1 Å². The van der Waals surface area contributed by atoms with Gasteiger partial charge in [0, 0.05) is 11.1 Å².